The molecule has 1 atom stereocenters. The Balaban J connectivity index is 1.71. The molecule has 0 saturated heterocycles. The molecule has 3 rings (SSSR count). The number of benzene rings is 2. The van der Waals surface area contributed by atoms with Crippen LogP contribution in [0.5, 0.6) is 0 Å². The molecule has 3 aromatic rings. The van der Waals surface area contributed by atoms with Gasteiger partial charge < -0.3 is 15.2 Å². The van der Waals surface area contributed by atoms with Crippen molar-refractivity contribution < 1.29 is 9.59 Å². The molecule has 1 unspecified atom stereocenters. The summed E-state index contributed by atoms with van der Waals surface area (Å²) in [6.45, 7) is -0.196. The molecule has 0 bridgehead atoms. The first-order chi connectivity index (χ1) is 13.5. The van der Waals surface area contributed by atoms with Gasteiger partial charge in [0.2, 0.25) is 5.91 Å². The first-order valence-corrected chi connectivity index (χ1v) is 9.26. The number of imidazole rings is 1. The van der Waals surface area contributed by atoms with Crippen molar-refractivity contribution in [1.82, 2.24) is 20.2 Å². The zero-order chi connectivity index (χ0) is 20.1. The van der Waals surface area contributed by atoms with Gasteiger partial charge in [0.25, 0.3) is 5.91 Å². The number of hydrogen-bond donors (Lipinski definition) is 2. The third kappa shape index (κ3) is 4.71. The number of halogens is 2. The number of aryl methyl sites for hydroxylation is 1. The first-order valence-electron chi connectivity index (χ1n) is 8.50. The Morgan fingerprint density at radius 2 is 1.82 bits per heavy atom. The fourth-order valence-electron chi connectivity index (χ4n) is 2.72. The Bertz CT molecular complexity index is 986. The Kier molecular flexibility index (Phi) is 6.34. The van der Waals surface area contributed by atoms with E-state index in [1.807, 2.05) is 23.7 Å². The molecule has 0 radical (unpaired) electrons. The minimum atomic E-state index is -0.484. The molecular formula is C20H18Cl2N4O2. The van der Waals surface area contributed by atoms with E-state index in [4.69, 9.17) is 23.2 Å². The molecule has 2 aromatic carbocycles. The molecule has 0 saturated carbocycles. The number of rotatable bonds is 6. The van der Waals surface area contributed by atoms with Crippen molar-refractivity contribution in [3.05, 3.63) is 87.9 Å². The summed E-state index contributed by atoms with van der Waals surface area (Å²) in [6, 6.07) is 13.3. The van der Waals surface area contributed by atoms with E-state index >= 15 is 0 Å². The summed E-state index contributed by atoms with van der Waals surface area (Å²) >= 11 is 12.0. The summed E-state index contributed by atoms with van der Waals surface area (Å²) in [6.07, 6.45) is 3.45. The molecule has 1 aromatic heterocycles. The summed E-state index contributed by atoms with van der Waals surface area (Å²) in [5.74, 6) is -0.114. The minimum absolute atomic E-state index is 0.196. The molecule has 0 spiro atoms. The van der Waals surface area contributed by atoms with E-state index in [0.29, 0.717) is 21.4 Å². The van der Waals surface area contributed by atoms with E-state index < -0.39 is 11.9 Å². The van der Waals surface area contributed by atoms with Crippen LogP contribution in [0.15, 0.2) is 60.9 Å². The summed E-state index contributed by atoms with van der Waals surface area (Å²) in [4.78, 5) is 29.1. The van der Waals surface area contributed by atoms with Crippen LogP contribution >= 0.6 is 23.2 Å². The van der Waals surface area contributed by atoms with Crippen LogP contribution in [0.3, 0.4) is 0 Å². The molecule has 6 nitrogen and oxygen atoms in total. The number of nitrogens with zero attached hydrogens (tertiary/aromatic N) is 2. The molecule has 8 heteroatoms. The predicted molar refractivity (Wildman–Crippen MR) is 108 cm³/mol. The van der Waals surface area contributed by atoms with Crippen molar-refractivity contribution >= 4 is 35.0 Å². The molecule has 0 fully saturated rings. The number of carbonyl (C=O) groups excluding carboxylic acids is 2. The summed E-state index contributed by atoms with van der Waals surface area (Å²) in [7, 11) is 1.84. The molecule has 28 heavy (non-hydrogen) atoms. The second-order valence-corrected chi connectivity index (χ2v) is 6.95. The van der Waals surface area contributed by atoms with Gasteiger partial charge in [-0.1, -0.05) is 47.5 Å². The van der Waals surface area contributed by atoms with Crippen molar-refractivity contribution in [3.63, 3.8) is 0 Å². The topological polar surface area (TPSA) is 76.0 Å². The van der Waals surface area contributed by atoms with Crippen LogP contribution in [0.25, 0.3) is 0 Å². The maximum atomic E-state index is 12.5. The van der Waals surface area contributed by atoms with Gasteiger partial charge >= 0.3 is 0 Å². The van der Waals surface area contributed by atoms with Gasteiger partial charge in [-0.3, -0.25) is 9.59 Å². The fraction of sp³-hybridized carbons (Fsp3) is 0.150. The highest BCUT2D eigenvalue weighted by Crippen LogP contribution is 2.22. The number of nitrogens with one attached hydrogen (secondary N) is 2. The van der Waals surface area contributed by atoms with Gasteiger partial charge in [-0.2, -0.15) is 0 Å². The molecule has 0 aliphatic rings. The number of carbonyl (C=O) groups is 2. The molecule has 2 N–H and O–H groups in total. The second-order valence-electron chi connectivity index (χ2n) is 6.11. The maximum absolute atomic E-state index is 12.5. The maximum Gasteiger partial charge on any atom is 0.253 e. The molecule has 2 amide bonds. The number of aromatic nitrogens is 2. The van der Waals surface area contributed by atoms with Crippen molar-refractivity contribution in [2.24, 2.45) is 7.05 Å². The number of amides is 2. The smallest absolute Gasteiger partial charge is 0.253 e. The van der Waals surface area contributed by atoms with Gasteiger partial charge in [-0.15, -0.1) is 0 Å². The van der Waals surface area contributed by atoms with Gasteiger partial charge in [0.1, 0.15) is 11.9 Å². The third-order valence-corrected chi connectivity index (χ3v) is 4.73. The van der Waals surface area contributed by atoms with Crippen LogP contribution < -0.4 is 10.6 Å². The van der Waals surface area contributed by atoms with Crippen LogP contribution in [0, 0.1) is 0 Å². The standard InChI is InChI=1S/C20H18Cl2N4O2/c1-26-11-10-23-19(26)18(13-6-8-14(21)9-7-13)25-17(27)12-24-20(28)15-4-2-3-5-16(15)22/h2-11,18H,12H2,1H3,(H,24,28)(H,25,27). The van der Waals surface area contributed by atoms with Crippen LogP contribution in [0.4, 0.5) is 0 Å². The van der Waals surface area contributed by atoms with E-state index in [1.165, 1.54) is 0 Å². The Morgan fingerprint density at radius 1 is 1.11 bits per heavy atom. The lowest BCUT2D eigenvalue weighted by molar-refractivity contribution is -0.120. The molecular weight excluding hydrogens is 399 g/mol. The largest absolute Gasteiger partial charge is 0.343 e. The average molecular weight is 417 g/mol. The molecule has 1 heterocycles. The van der Waals surface area contributed by atoms with E-state index in [-0.39, 0.29) is 12.5 Å². The van der Waals surface area contributed by atoms with E-state index in [0.717, 1.165) is 5.56 Å². The summed E-state index contributed by atoms with van der Waals surface area (Å²) < 4.78 is 1.82. The highest BCUT2D eigenvalue weighted by atomic mass is 35.5. The van der Waals surface area contributed by atoms with Crippen molar-refractivity contribution in [3.8, 4) is 0 Å². The van der Waals surface area contributed by atoms with Gasteiger partial charge in [0.05, 0.1) is 17.1 Å². The van der Waals surface area contributed by atoms with Gasteiger partial charge in [-0.25, -0.2) is 4.98 Å². The van der Waals surface area contributed by atoms with Crippen molar-refractivity contribution in [2.45, 2.75) is 6.04 Å². The van der Waals surface area contributed by atoms with Crippen LogP contribution in [0.2, 0.25) is 10.0 Å². The molecule has 0 aliphatic heterocycles. The summed E-state index contributed by atoms with van der Waals surface area (Å²) in [5, 5.41) is 6.41. The lowest BCUT2D eigenvalue weighted by Crippen LogP contribution is -2.39. The Labute approximate surface area is 172 Å². The van der Waals surface area contributed by atoms with Crippen LogP contribution in [-0.2, 0) is 11.8 Å². The zero-order valence-electron chi connectivity index (χ0n) is 15.0. The van der Waals surface area contributed by atoms with Crippen molar-refractivity contribution in [2.75, 3.05) is 6.54 Å². The molecule has 0 aliphatic carbocycles. The Hall–Kier alpha value is -2.83. The first kappa shape index (κ1) is 19.9. The van der Waals surface area contributed by atoms with Crippen molar-refractivity contribution in [1.29, 1.82) is 0 Å². The zero-order valence-corrected chi connectivity index (χ0v) is 16.5. The monoisotopic (exact) mass is 416 g/mol. The number of hydrogen-bond acceptors (Lipinski definition) is 3. The van der Waals surface area contributed by atoms with Gasteiger partial charge in [0, 0.05) is 24.5 Å². The minimum Gasteiger partial charge on any atom is -0.343 e. The van der Waals surface area contributed by atoms with Gasteiger partial charge in [-0.05, 0) is 29.8 Å². The van der Waals surface area contributed by atoms with Crippen LogP contribution in [0.1, 0.15) is 27.8 Å². The van der Waals surface area contributed by atoms with E-state index in [1.54, 1.807) is 48.8 Å². The highest BCUT2D eigenvalue weighted by molar-refractivity contribution is 6.33. The average Bonchev–Trinajstić information content (AvgIpc) is 3.11. The molecule has 144 valence electrons. The SMILES string of the molecule is Cn1ccnc1C(NC(=O)CNC(=O)c1ccccc1Cl)c1ccc(Cl)cc1. The highest BCUT2D eigenvalue weighted by Gasteiger charge is 2.21. The van der Waals surface area contributed by atoms with Crippen LogP contribution in [-0.4, -0.2) is 27.9 Å². The Morgan fingerprint density at radius 3 is 2.46 bits per heavy atom. The van der Waals surface area contributed by atoms with E-state index in [2.05, 4.69) is 15.6 Å². The quantitative estimate of drug-likeness (QED) is 0.646. The van der Waals surface area contributed by atoms with E-state index in [9.17, 15) is 9.59 Å². The lowest BCUT2D eigenvalue weighted by atomic mass is 10.1. The fourth-order valence-corrected chi connectivity index (χ4v) is 3.07. The second kappa shape index (κ2) is 8.91. The third-order valence-electron chi connectivity index (χ3n) is 4.15. The lowest BCUT2D eigenvalue weighted by Gasteiger charge is -2.19. The van der Waals surface area contributed by atoms with Gasteiger partial charge in [0.15, 0.2) is 0 Å². The predicted octanol–water partition coefficient (Wildman–Crippen LogP) is 3.36. The summed E-state index contributed by atoms with van der Waals surface area (Å²) in [5.41, 5.74) is 1.14. The normalized spacial score (nSPS) is 11.7.